The molecule has 2 aromatic rings. The summed E-state index contributed by atoms with van der Waals surface area (Å²) in [6, 6.07) is 9.82. The summed E-state index contributed by atoms with van der Waals surface area (Å²) in [7, 11) is 0. The second kappa shape index (κ2) is 24.2. The average molecular weight is 700 g/mol. The number of hydrogen-bond acceptors (Lipinski definition) is 0. The zero-order valence-electron chi connectivity index (χ0n) is 33.0. The molecule has 0 aliphatic carbocycles. The number of allylic oxidation sites excluding steroid dienone is 2. The Morgan fingerprint density at radius 1 is 0.438 bits per heavy atom. The van der Waals surface area contributed by atoms with E-state index in [0.29, 0.717) is 0 Å². The van der Waals surface area contributed by atoms with Gasteiger partial charge in [0, 0.05) is 22.3 Å². The van der Waals surface area contributed by atoms with Gasteiger partial charge in [0.25, 0.3) is 0 Å². The smallest absolute Gasteiger partial charge is 0.493 e. The molecule has 1 aliphatic heterocycles. The van der Waals surface area contributed by atoms with Gasteiger partial charge in [-0.3, -0.25) is 0 Å². The first-order chi connectivity index (χ1) is 21.9. The van der Waals surface area contributed by atoms with Crippen molar-refractivity contribution in [2.75, 3.05) is 0 Å². The van der Waals surface area contributed by atoms with E-state index in [1.807, 2.05) is 0 Å². The van der Waals surface area contributed by atoms with Gasteiger partial charge in [-0.2, -0.15) is 0 Å². The number of hydrogen-bond donors (Lipinski definition) is 0. The van der Waals surface area contributed by atoms with Crippen LogP contribution in [0.5, 0.6) is 0 Å². The first kappa shape index (κ1) is 46.0. The molecule has 0 N–H and O–H groups in total. The Morgan fingerprint density at radius 2 is 0.792 bits per heavy atom. The molecule has 0 radical (unpaired) electrons. The summed E-state index contributed by atoms with van der Waals surface area (Å²) in [6.45, 7) is 18.4. The average Bonchev–Trinajstić information content (AvgIpc) is 3.31. The van der Waals surface area contributed by atoms with Crippen LogP contribution in [0.4, 0.5) is 0 Å². The molecule has 272 valence electrons. The molecule has 48 heavy (non-hydrogen) atoms. The van der Waals surface area contributed by atoms with Gasteiger partial charge in [-0.25, -0.2) is 4.70 Å². The quantitative estimate of drug-likeness (QED) is 0.0536. The van der Waals surface area contributed by atoms with Gasteiger partial charge in [0.05, 0.1) is 0 Å². The SMILES string of the molecule is CCCCCC1=C(c2cc(CCC)c(CCCC)c(CCC)c2)[N+](=[N-])C(c2cc(CCC)c(CCCC)c(CCC)c2)=C1CC.[CH3-].[CH3-].[Ni+2]. The minimum Gasteiger partial charge on any atom is -0.493 e. The summed E-state index contributed by atoms with van der Waals surface area (Å²) in [5.74, 6) is 0. The van der Waals surface area contributed by atoms with Gasteiger partial charge in [-0.05, 0) is 128 Å². The number of rotatable bonds is 21. The normalized spacial score (nSPS) is 12.7. The van der Waals surface area contributed by atoms with E-state index < -0.39 is 0 Å². The molecule has 0 amide bonds. The topological polar surface area (TPSA) is 25.3 Å². The summed E-state index contributed by atoms with van der Waals surface area (Å²) in [5, 5.41) is 0. The number of aryl methyl sites for hydroxylation is 4. The van der Waals surface area contributed by atoms with Gasteiger partial charge >= 0.3 is 16.5 Å². The summed E-state index contributed by atoms with van der Waals surface area (Å²) in [6.07, 6.45) is 21.8. The van der Waals surface area contributed by atoms with Crippen LogP contribution in [0.2, 0.25) is 0 Å². The summed E-state index contributed by atoms with van der Waals surface area (Å²) in [4.78, 5) is 0. The van der Waals surface area contributed by atoms with Crippen molar-refractivity contribution < 1.29 is 21.2 Å². The Morgan fingerprint density at radius 3 is 1.10 bits per heavy atom. The van der Waals surface area contributed by atoms with Crippen molar-refractivity contribution >= 4 is 11.4 Å². The third-order valence-corrected chi connectivity index (χ3v) is 9.80. The third-order valence-electron chi connectivity index (χ3n) is 9.80. The molecular weight excluding hydrogens is 627 g/mol. The van der Waals surface area contributed by atoms with Crippen LogP contribution in [0.1, 0.15) is 183 Å². The molecular formula is C45H72N2Ni. The predicted molar refractivity (Wildman–Crippen MR) is 211 cm³/mol. The molecule has 0 saturated carbocycles. The number of benzene rings is 2. The van der Waals surface area contributed by atoms with Gasteiger partial charge < -0.3 is 20.4 Å². The second-order valence-corrected chi connectivity index (χ2v) is 13.5. The molecule has 1 heterocycles. The molecule has 2 aromatic carbocycles. The Labute approximate surface area is 309 Å². The minimum absolute atomic E-state index is 0. The zero-order valence-corrected chi connectivity index (χ0v) is 33.9. The fourth-order valence-electron chi connectivity index (χ4n) is 7.64. The molecule has 0 bridgehead atoms. The van der Waals surface area contributed by atoms with Gasteiger partial charge in [0.2, 0.25) is 11.4 Å². The Kier molecular flexibility index (Phi) is 23.2. The summed E-state index contributed by atoms with van der Waals surface area (Å²) < 4.78 is 1.64. The van der Waals surface area contributed by atoms with Crippen molar-refractivity contribution in [2.24, 2.45) is 0 Å². The van der Waals surface area contributed by atoms with Gasteiger partial charge in [-0.15, -0.1) is 0 Å². The third kappa shape index (κ3) is 11.3. The molecule has 0 aromatic heterocycles. The van der Waals surface area contributed by atoms with E-state index in [-0.39, 0.29) is 31.3 Å². The summed E-state index contributed by atoms with van der Waals surface area (Å²) in [5.41, 5.74) is 28.8. The van der Waals surface area contributed by atoms with Crippen LogP contribution in [-0.4, -0.2) is 4.70 Å². The van der Waals surface area contributed by atoms with Gasteiger partial charge in [-0.1, -0.05) is 107 Å². The van der Waals surface area contributed by atoms with E-state index in [9.17, 15) is 5.53 Å². The summed E-state index contributed by atoms with van der Waals surface area (Å²) >= 11 is 0. The van der Waals surface area contributed by atoms with E-state index in [1.165, 1.54) is 95.9 Å². The molecule has 2 nitrogen and oxygen atoms in total. The molecule has 3 heteroatoms. The van der Waals surface area contributed by atoms with Crippen LogP contribution < -0.4 is 0 Å². The molecule has 0 saturated heterocycles. The predicted octanol–water partition coefficient (Wildman–Crippen LogP) is 14.2. The largest absolute Gasteiger partial charge is 2.00 e. The monoisotopic (exact) mass is 699 g/mol. The maximum absolute atomic E-state index is 12.4. The van der Waals surface area contributed by atoms with Crippen molar-refractivity contribution in [1.82, 2.24) is 0 Å². The van der Waals surface area contributed by atoms with E-state index in [0.717, 1.165) is 82.0 Å². The minimum atomic E-state index is 0. The van der Waals surface area contributed by atoms with Gasteiger partial charge in [0.1, 0.15) is 0 Å². The maximum atomic E-state index is 12.4. The Balaban J connectivity index is 0.00000736. The van der Waals surface area contributed by atoms with Crippen molar-refractivity contribution in [2.45, 2.75) is 177 Å². The second-order valence-electron chi connectivity index (χ2n) is 13.5. The van der Waals surface area contributed by atoms with E-state index in [2.05, 4.69) is 79.7 Å². The van der Waals surface area contributed by atoms with Crippen LogP contribution in [-0.2, 0) is 55.0 Å². The molecule has 1 aliphatic rings. The van der Waals surface area contributed by atoms with Crippen LogP contribution >= 0.6 is 0 Å². The molecule has 0 fully saturated rings. The molecule has 0 atom stereocenters. The van der Waals surface area contributed by atoms with Crippen molar-refractivity contribution in [1.29, 1.82) is 0 Å². The van der Waals surface area contributed by atoms with Crippen LogP contribution in [0.25, 0.3) is 16.9 Å². The Bertz CT molecular complexity index is 1270. The fraction of sp³-hybridized carbons (Fsp3) is 0.600. The van der Waals surface area contributed by atoms with Gasteiger partial charge in [0.15, 0.2) is 0 Å². The molecule has 0 spiro atoms. The standard InChI is InChI=1S/C43H66N2.2CH3.Ni/c1-9-17-20-27-41-38(16-8)42(36-28-32(21-12-4)39(25-18-10-2)33(29-36)22-13-5)45(44)43(41)37-30-34(23-14-6)40(26-19-11-3)35(31-37)24-15-7;;;/h28-31H,9-27H2,1-8H3;2*1H3;/q;2*-1;+2. The van der Waals surface area contributed by atoms with Crippen LogP contribution in [0, 0.1) is 14.9 Å². The van der Waals surface area contributed by atoms with Crippen molar-refractivity contribution in [3.05, 3.63) is 100 Å². The zero-order chi connectivity index (χ0) is 32.8. The van der Waals surface area contributed by atoms with Crippen molar-refractivity contribution in [3.63, 3.8) is 0 Å². The number of unbranched alkanes of at least 4 members (excludes halogenated alkanes) is 4. The number of nitrogens with zero attached hydrogens (tertiary/aromatic N) is 2. The van der Waals surface area contributed by atoms with E-state index in [4.69, 9.17) is 0 Å². The molecule has 3 rings (SSSR count). The van der Waals surface area contributed by atoms with Crippen LogP contribution in [0.3, 0.4) is 0 Å². The van der Waals surface area contributed by atoms with Crippen LogP contribution in [0.15, 0.2) is 35.4 Å². The first-order valence-electron chi connectivity index (χ1n) is 19.2. The maximum Gasteiger partial charge on any atom is 2.00 e. The fourth-order valence-corrected chi connectivity index (χ4v) is 7.64. The van der Waals surface area contributed by atoms with E-state index >= 15 is 0 Å². The first-order valence-corrected chi connectivity index (χ1v) is 19.2. The van der Waals surface area contributed by atoms with Crippen molar-refractivity contribution in [3.8, 4) is 0 Å². The van der Waals surface area contributed by atoms with E-state index in [1.54, 1.807) is 15.8 Å². The Hall–Kier alpha value is -1.99. The molecule has 0 unspecified atom stereocenters.